The molecule has 1 saturated heterocycles. The molecule has 1 aromatic carbocycles. The number of carbonyl (C=O) groups excluding carboxylic acids is 1. The Hall–Kier alpha value is -1.54. The Bertz CT molecular complexity index is 610. The number of alkyl halides is 3. The number of benzene rings is 1. The molecule has 0 saturated carbocycles. The molecule has 138 valence electrons. The quantitative estimate of drug-likeness (QED) is 0.582. The highest BCUT2D eigenvalue weighted by molar-refractivity contribution is 6.48. The molecule has 1 aromatic rings. The number of ether oxygens (including phenoxy) is 1. The van der Waals surface area contributed by atoms with Gasteiger partial charge in [-0.1, -0.05) is 0 Å². The molecule has 8 heteroatoms. The van der Waals surface area contributed by atoms with Gasteiger partial charge in [-0.15, -0.1) is 0 Å². The highest BCUT2D eigenvalue weighted by Gasteiger charge is 2.60. The number of hydrogen-bond acceptors (Lipinski definition) is 4. The Morgan fingerprint density at radius 1 is 1.12 bits per heavy atom. The van der Waals surface area contributed by atoms with Crippen LogP contribution in [0.2, 0.25) is 5.82 Å². The standard InChI is InChI=1S/C17H22BF3O4/c1-15(2)16(3,4)25-18(24-15)14(17(19,20)21)10-13(22)11-6-8-12(23-5)9-7-11/h6-9,14H,10H2,1-5H3/t14-/m0/s1. The van der Waals surface area contributed by atoms with Gasteiger partial charge in [0.25, 0.3) is 0 Å². The first-order valence-electron chi connectivity index (χ1n) is 7.97. The summed E-state index contributed by atoms with van der Waals surface area (Å²) in [5.74, 6) is -2.14. The maximum Gasteiger partial charge on any atom is 0.470 e. The Morgan fingerprint density at radius 3 is 2.00 bits per heavy atom. The van der Waals surface area contributed by atoms with Crippen molar-refractivity contribution in [2.24, 2.45) is 0 Å². The lowest BCUT2D eigenvalue weighted by Gasteiger charge is -2.32. The van der Waals surface area contributed by atoms with Crippen molar-refractivity contribution >= 4 is 12.9 Å². The molecule has 0 aromatic heterocycles. The highest BCUT2D eigenvalue weighted by Crippen LogP contribution is 2.46. The van der Waals surface area contributed by atoms with E-state index >= 15 is 0 Å². The van der Waals surface area contributed by atoms with E-state index in [-0.39, 0.29) is 5.56 Å². The number of methoxy groups -OCH3 is 1. The molecule has 0 N–H and O–H groups in total. The second-order valence-electron chi connectivity index (χ2n) is 7.13. The van der Waals surface area contributed by atoms with Crippen molar-refractivity contribution in [3.63, 3.8) is 0 Å². The molecule has 0 bridgehead atoms. The number of hydrogen-bond donors (Lipinski definition) is 0. The fraction of sp³-hybridized carbons (Fsp3) is 0.588. The predicted octanol–water partition coefficient (Wildman–Crippen LogP) is 4.29. The molecule has 0 unspecified atom stereocenters. The first-order valence-corrected chi connectivity index (χ1v) is 7.97. The third-order valence-electron chi connectivity index (χ3n) is 4.84. The van der Waals surface area contributed by atoms with Crippen molar-refractivity contribution < 1.29 is 32.0 Å². The van der Waals surface area contributed by atoms with Crippen LogP contribution in [0, 0.1) is 0 Å². The maximum atomic E-state index is 13.5. The molecule has 0 radical (unpaired) electrons. The normalized spacial score (nSPS) is 20.4. The van der Waals surface area contributed by atoms with Gasteiger partial charge in [-0.25, -0.2) is 0 Å². The Morgan fingerprint density at radius 2 is 1.60 bits per heavy atom. The lowest BCUT2D eigenvalue weighted by Crippen LogP contribution is -2.41. The van der Waals surface area contributed by atoms with Crippen LogP contribution in [-0.4, -0.2) is 37.4 Å². The fourth-order valence-corrected chi connectivity index (χ4v) is 2.51. The van der Waals surface area contributed by atoms with E-state index in [0.29, 0.717) is 5.75 Å². The largest absolute Gasteiger partial charge is 0.497 e. The molecule has 1 aliphatic heterocycles. The number of rotatable bonds is 5. The van der Waals surface area contributed by atoms with E-state index in [4.69, 9.17) is 14.0 Å². The molecule has 0 amide bonds. The van der Waals surface area contributed by atoms with Crippen LogP contribution >= 0.6 is 0 Å². The zero-order chi connectivity index (χ0) is 19.0. The van der Waals surface area contributed by atoms with E-state index in [2.05, 4.69) is 0 Å². The molecule has 1 fully saturated rings. The van der Waals surface area contributed by atoms with Crippen LogP contribution in [0.1, 0.15) is 44.5 Å². The SMILES string of the molecule is COc1ccc(C(=O)C[C@H](B2OC(C)(C)C(C)(C)O2)C(F)(F)F)cc1. The first-order chi connectivity index (χ1) is 11.4. The Labute approximate surface area is 145 Å². The Balaban J connectivity index is 2.20. The molecule has 2 rings (SSSR count). The topological polar surface area (TPSA) is 44.8 Å². The smallest absolute Gasteiger partial charge is 0.470 e. The van der Waals surface area contributed by atoms with Gasteiger partial charge in [0, 0.05) is 12.0 Å². The predicted molar refractivity (Wildman–Crippen MR) is 87.8 cm³/mol. The van der Waals surface area contributed by atoms with Crippen LogP contribution in [0.25, 0.3) is 0 Å². The van der Waals surface area contributed by atoms with Gasteiger partial charge in [-0.2, -0.15) is 13.2 Å². The molecule has 4 nitrogen and oxygen atoms in total. The van der Waals surface area contributed by atoms with Crippen LogP contribution < -0.4 is 4.74 Å². The molecule has 0 spiro atoms. The van der Waals surface area contributed by atoms with Crippen molar-refractivity contribution in [2.75, 3.05) is 7.11 Å². The van der Waals surface area contributed by atoms with E-state index in [1.165, 1.54) is 31.4 Å². The third kappa shape index (κ3) is 4.18. The first kappa shape index (κ1) is 19.8. The van der Waals surface area contributed by atoms with Gasteiger partial charge < -0.3 is 14.0 Å². The van der Waals surface area contributed by atoms with E-state index < -0.39 is 42.5 Å². The summed E-state index contributed by atoms with van der Waals surface area (Å²) >= 11 is 0. The number of halogens is 3. The van der Waals surface area contributed by atoms with E-state index in [9.17, 15) is 18.0 Å². The summed E-state index contributed by atoms with van der Waals surface area (Å²) < 4.78 is 56.6. The summed E-state index contributed by atoms with van der Waals surface area (Å²) in [6.07, 6.45) is -5.37. The maximum absolute atomic E-state index is 13.5. The number of ketones is 1. The van der Waals surface area contributed by atoms with Gasteiger partial charge in [-0.3, -0.25) is 4.79 Å². The Kier molecular flexibility index (Phi) is 5.26. The molecular formula is C17H22BF3O4. The second kappa shape index (κ2) is 6.65. The van der Waals surface area contributed by atoms with Crippen LogP contribution in [-0.2, 0) is 9.31 Å². The summed E-state index contributed by atoms with van der Waals surface area (Å²) in [4.78, 5) is 12.3. The fourth-order valence-electron chi connectivity index (χ4n) is 2.51. The van der Waals surface area contributed by atoms with E-state index in [0.717, 1.165) is 0 Å². The van der Waals surface area contributed by atoms with Crippen LogP contribution in [0.15, 0.2) is 24.3 Å². The summed E-state index contributed by atoms with van der Waals surface area (Å²) in [6, 6.07) is 5.95. The summed E-state index contributed by atoms with van der Waals surface area (Å²) in [5, 5.41) is 0. The van der Waals surface area contributed by atoms with Gasteiger partial charge in [0.1, 0.15) is 5.75 Å². The summed E-state index contributed by atoms with van der Waals surface area (Å²) in [7, 11) is -0.0541. The lowest BCUT2D eigenvalue weighted by atomic mass is 9.68. The van der Waals surface area contributed by atoms with Crippen LogP contribution in [0.4, 0.5) is 13.2 Å². The van der Waals surface area contributed by atoms with Gasteiger partial charge in [0.05, 0.1) is 24.1 Å². The molecule has 1 aliphatic rings. The van der Waals surface area contributed by atoms with Gasteiger partial charge >= 0.3 is 13.3 Å². The molecule has 25 heavy (non-hydrogen) atoms. The van der Waals surface area contributed by atoms with Crippen molar-refractivity contribution in [1.29, 1.82) is 0 Å². The summed E-state index contributed by atoms with van der Waals surface area (Å²) in [5.41, 5.74) is -1.61. The van der Waals surface area contributed by atoms with Crippen LogP contribution in [0.3, 0.4) is 0 Å². The number of carbonyl (C=O) groups is 1. The van der Waals surface area contributed by atoms with E-state index in [1.807, 2.05) is 0 Å². The average molecular weight is 358 g/mol. The molecule has 1 heterocycles. The van der Waals surface area contributed by atoms with Crippen molar-refractivity contribution in [2.45, 2.75) is 57.3 Å². The zero-order valence-electron chi connectivity index (χ0n) is 14.9. The zero-order valence-corrected chi connectivity index (χ0v) is 14.9. The van der Waals surface area contributed by atoms with Gasteiger partial charge in [0.2, 0.25) is 0 Å². The minimum absolute atomic E-state index is 0.187. The van der Waals surface area contributed by atoms with Crippen molar-refractivity contribution in [3.8, 4) is 5.75 Å². The van der Waals surface area contributed by atoms with Gasteiger partial charge in [0.15, 0.2) is 5.78 Å². The highest BCUT2D eigenvalue weighted by atomic mass is 19.4. The molecule has 1 atom stereocenters. The summed E-state index contributed by atoms with van der Waals surface area (Å²) in [6.45, 7) is 6.69. The van der Waals surface area contributed by atoms with Crippen LogP contribution in [0.5, 0.6) is 5.75 Å². The van der Waals surface area contributed by atoms with Crippen molar-refractivity contribution in [3.05, 3.63) is 29.8 Å². The monoisotopic (exact) mass is 358 g/mol. The third-order valence-corrected chi connectivity index (χ3v) is 4.84. The van der Waals surface area contributed by atoms with E-state index in [1.54, 1.807) is 27.7 Å². The lowest BCUT2D eigenvalue weighted by molar-refractivity contribution is -0.138. The minimum atomic E-state index is -4.62. The van der Waals surface area contributed by atoms with Crippen molar-refractivity contribution in [1.82, 2.24) is 0 Å². The average Bonchev–Trinajstić information content (AvgIpc) is 2.71. The molecule has 0 aliphatic carbocycles. The minimum Gasteiger partial charge on any atom is -0.497 e. The van der Waals surface area contributed by atoms with Gasteiger partial charge in [-0.05, 0) is 52.0 Å². The molecular weight excluding hydrogens is 336 g/mol. The number of Topliss-reactive ketones (excluding diaryl/α,β-unsaturated/α-hetero) is 1. The second-order valence-corrected chi connectivity index (χ2v) is 7.13.